The SMILES string of the molecule is O=C(Cc1cc(Cl)cc(NCc2ccc(Br)cc2)c1)Nc1cncc2ccccc12. The van der Waals surface area contributed by atoms with Gasteiger partial charge in [0.15, 0.2) is 0 Å². The van der Waals surface area contributed by atoms with Crippen LogP contribution >= 0.6 is 27.5 Å². The van der Waals surface area contributed by atoms with Gasteiger partial charge in [-0.2, -0.15) is 0 Å². The summed E-state index contributed by atoms with van der Waals surface area (Å²) in [6.45, 7) is 0.668. The Kier molecular flexibility index (Phi) is 6.31. The van der Waals surface area contributed by atoms with Gasteiger partial charge in [0.2, 0.25) is 5.91 Å². The van der Waals surface area contributed by atoms with Gasteiger partial charge in [-0.15, -0.1) is 0 Å². The molecule has 1 heterocycles. The van der Waals surface area contributed by atoms with E-state index in [1.54, 1.807) is 12.4 Å². The maximum Gasteiger partial charge on any atom is 0.228 e. The van der Waals surface area contributed by atoms with Crippen molar-refractivity contribution in [2.45, 2.75) is 13.0 Å². The Bertz CT molecular complexity index is 1190. The van der Waals surface area contributed by atoms with Gasteiger partial charge in [0.25, 0.3) is 0 Å². The van der Waals surface area contributed by atoms with Crippen LogP contribution in [0.15, 0.2) is 83.6 Å². The van der Waals surface area contributed by atoms with Crippen LogP contribution in [0.25, 0.3) is 10.8 Å². The van der Waals surface area contributed by atoms with Gasteiger partial charge in [-0.1, -0.05) is 63.9 Å². The second-order valence-electron chi connectivity index (χ2n) is 6.96. The zero-order chi connectivity index (χ0) is 20.9. The van der Waals surface area contributed by atoms with Gasteiger partial charge >= 0.3 is 0 Å². The minimum atomic E-state index is -0.116. The number of hydrogen-bond donors (Lipinski definition) is 2. The highest BCUT2D eigenvalue weighted by atomic mass is 79.9. The van der Waals surface area contributed by atoms with Gasteiger partial charge in [0, 0.05) is 38.7 Å². The molecule has 1 aromatic heterocycles. The topological polar surface area (TPSA) is 54.0 Å². The normalized spacial score (nSPS) is 10.7. The number of carbonyl (C=O) groups is 1. The number of aromatic nitrogens is 1. The average Bonchev–Trinajstić information content (AvgIpc) is 2.73. The van der Waals surface area contributed by atoms with Crippen LogP contribution in [0.4, 0.5) is 11.4 Å². The van der Waals surface area contributed by atoms with Gasteiger partial charge in [0.1, 0.15) is 0 Å². The number of rotatable bonds is 6. The molecule has 0 atom stereocenters. The van der Waals surface area contributed by atoms with Gasteiger partial charge in [-0.05, 0) is 41.5 Å². The fraction of sp³-hybridized carbons (Fsp3) is 0.0833. The van der Waals surface area contributed by atoms with Crippen LogP contribution in [-0.2, 0) is 17.8 Å². The summed E-state index contributed by atoms with van der Waals surface area (Å²) in [6, 6.07) is 21.6. The lowest BCUT2D eigenvalue weighted by Gasteiger charge is -2.11. The molecule has 3 aromatic carbocycles. The fourth-order valence-electron chi connectivity index (χ4n) is 3.26. The molecule has 0 spiro atoms. The van der Waals surface area contributed by atoms with Crippen molar-refractivity contribution in [1.29, 1.82) is 0 Å². The first-order valence-corrected chi connectivity index (χ1v) is 10.6. The summed E-state index contributed by atoms with van der Waals surface area (Å²) >= 11 is 9.73. The van der Waals surface area contributed by atoms with E-state index in [2.05, 4.69) is 31.5 Å². The predicted octanol–water partition coefficient (Wildman–Crippen LogP) is 6.44. The first kappa shape index (κ1) is 20.4. The van der Waals surface area contributed by atoms with E-state index in [0.717, 1.165) is 32.1 Å². The van der Waals surface area contributed by atoms with E-state index in [0.29, 0.717) is 17.3 Å². The number of hydrogen-bond acceptors (Lipinski definition) is 3. The first-order valence-electron chi connectivity index (χ1n) is 9.47. The number of halogens is 2. The molecule has 0 unspecified atom stereocenters. The lowest BCUT2D eigenvalue weighted by molar-refractivity contribution is -0.115. The van der Waals surface area contributed by atoms with Crippen LogP contribution in [0.5, 0.6) is 0 Å². The number of benzene rings is 3. The van der Waals surface area contributed by atoms with Crippen molar-refractivity contribution in [3.05, 3.63) is 99.7 Å². The molecule has 0 bridgehead atoms. The lowest BCUT2D eigenvalue weighted by Crippen LogP contribution is -2.15. The van der Waals surface area contributed by atoms with Crippen LogP contribution in [0.2, 0.25) is 5.02 Å². The zero-order valence-electron chi connectivity index (χ0n) is 16.0. The van der Waals surface area contributed by atoms with Crippen molar-refractivity contribution in [2.24, 2.45) is 0 Å². The predicted molar refractivity (Wildman–Crippen MR) is 127 cm³/mol. The van der Waals surface area contributed by atoms with E-state index in [-0.39, 0.29) is 12.3 Å². The van der Waals surface area contributed by atoms with Crippen LogP contribution in [0.1, 0.15) is 11.1 Å². The summed E-state index contributed by atoms with van der Waals surface area (Å²) in [5.41, 5.74) is 3.57. The minimum absolute atomic E-state index is 0.116. The molecule has 150 valence electrons. The molecular formula is C24H19BrClN3O. The molecule has 4 nitrogen and oxygen atoms in total. The molecule has 1 amide bonds. The number of amides is 1. The molecular weight excluding hydrogens is 462 g/mol. The van der Waals surface area contributed by atoms with Crippen molar-refractivity contribution >= 4 is 55.6 Å². The molecule has 0 saturated carbocycles. The molecule has 4 aromatic rings. The molecule has 0 fully saturated rings. The Morgan fingerprint density at radius 1 is 0.967 bits per heavy atom. The summed E-state index contributed by atoms with van der Waals surface area (Å²) in [4.78, 5) is 16.9. The molecule has 2 N–H and O–H groups in total. The summed E-state index contributed by atoms with van der Waals surface area (Å²) < 4.78 is 1.05. The molecule has 0 radical (unpaired) electrons. The zero-order valence-corrected chi connectivity index (χ0v) is 18.4. The van der Waals surface area contributed by atoms with E-state index < -0.39 is 0 Å². The van der Waals surface area contributed by atoms with E-state index in [4.69, 9.17) is 11.6 Å². The van der Waals surface area contributed by atoms with Crippen molar-refractivity contribution in [1.82, 2.24) is 4.98 Å². The highest BCUT2D eigenvalue weighted by Gasteiger charge is 2.09. The van der Waals surface area contributed by atoms with Gasteiger partial charge in [-0.25, -0.2) is 0 Å². The van der Waals surface area contributed by atoms with Crippen molar-refractivity contribution in [3.8, 4) is 0 Å². The number of anilines is 2. The third-order valence-corrected chi connectivity index (χ3v) is 5.42. The van der Waals surface area contributed by atoms with Crippen LogP contribution in [0.3, 0.4) is 0 Å². The largest absolute Gasteiger partial charge is 0.381 e. The quantitative estimate of drug-likeness (QED) is 0.334. The van der Waals surface area contributed by atoms with Crippen LogP contribution < -0.4 is 10.6 Å². The highest BCUT2D eigenvalue weighted by molar-refractivity contribution is 9.10. The summed E-state index contributed by atoms with van der Waals surface area (Å²) in [6.07, 6.45) is 3.67. The van der Waals surface area contributed by atoms with Gasteiger partial charge in [0.05, 0.1) is 18.3 Å². The number of pyridine rings is 1. The highest BCUT2D eigenvalue weighted by Crippen LogP contribution is 2.23. The van der Waals surface area contributed by atoms with E-state index in [1.807, 2.05) is 66.7 Å². The molecule has 30 heavy (non-hydrogen) atoms. The second kappa shape index (κ2) is 9.28. The number of carbonyl (C=O) groups excluding carboxylic acids is 1. The Labute approximate surface area is 188 Å². The molecule has 0 saturated heterocycles. The van der Waals surface area contributed by atoms with Gasteiger partial charge < -0.3 is 10.6 Å². The summed E-state index contributed by atoms with van der Waals surface area (Å²) in [7, 11) is 0. The maximum absolute atomic E-state index is 12.7. The summed E-state index contributed by atoms with van der Waals surface area (Å²) in [5, 5.41) is 8.87. The monoisotopic (exact) mass is 479 g/mol. The van der Waals surface area contributed by atoms with Gasteiger partial charge in [-0.3, -0.25) is 9.78 Å². The molecule has 0 aliphatic heterocycles. The number of fused-ring (bicyclic) bond motifs is 1. The first-order chi connectivity index (χ1) is 14.6. The fourth-order valence-corrected chi connectivity index (χ4v) is 3.78. The summed E-state index contributed by atoms with van der Waals surface area (Å²) in [5.74, 6) is -0.116. The van der Waals surface area contributed by atoms with E-state index in [9.17, 15) is 4.79 Å². The number of nitrogens with one attached hydrogen (secondary N) is 2. The standard InChI is InChI=1S/C24H19BrClN3O/c25-19-7-5-16(6-8-19)13-28-21-10-17(9-20(26)12-21)11-24(30)29-23-15-27-14-18-3-1-2-4-22(18)23/h1-10,12,14-15,28H,11,13H2,(H,29,30). The smallest absolute Gasteiger partial charge is 0.228 e. The average molecular weight is 481 g/mol. The van der Waals surface area contributed by atoms with Crippen molar-refractivity contribution in [3.63, 3.8) is 0 Å². The molecule has 6 heteroatoms. The molecule has 4 rings (SSSR count). The Hall–Kier alpha value is -2.89. The number of nitrogens with zero attached hydrogens (tertiary/aromatic N) is 1. The maximum atomic E-state index is 12.7. The third-order valence-electron chi connectivity index (χ3n) is 4.67. The van der Waals surface area contributed by atoms with Crippen molar-refractivity contribution < 1.29 is 4.79 Å². The van der Waals surface area contributed by atoms with Crippen molar-refractivity contribution in [2.75, 3.05) is 10.6 Å². The van der Waals surface area contributed by atoms with E-state index >= 15 is 0 Å². The lowest BCUT2D eigenvalue weighted by atomic mass is 10.1. The molecule has 0 aliphatic rings. The molecule has 0 aliphatic carbocycles. The second-order valence-corrected chi connectivity index (χ2v) is 8.31. The Balaban J connectivity index is 1.44. The minimum Gasteiger partial charge on any atom is -0.381 e. The van der Waals surface area contributed by atoms with Crippen LogP contribution in [0, 0.1) is 0 Å². The van der Waals surface area contributed by atoms with Crippen LogP contribution in [-0.4, -0.2) is 10.9 Å². The van der Waals surface area contributed by atoms with E-state index in [1.165, 1.54) is 0 Å². The Morgan fingerprint density at radius 3 is 2.60 bits per heavy atom. The Morgan fingerprint density at radius 2 is 1.77 bits per heavy atom. The third kappa shape index (κ3) is 5.17.